The molecule has 0 saturated carbocycles. The van der Waals surface area contributed by atoms with E-state index in [1.54, 1.807) is 18.2 Å². The molecule has 0 amide bonds. The second kappa shape index (κ2) is 4.63. The molecule has 2 rings (SSSR count). The van der Waals surface area contributed by atoms with E-state index in [2.05, 4.69) is 15.3 Å². The fourth-order valence-electron chi connectivity index (χ4n) is 1.52. The second-order valence-electron chi connectivity index (χ2n) is 3.53. The summed E-state index contributed by atoms with van der Waals surface area (Å²) in [5.41, 5.74) is 0.540. The third-order valence-electron chi connectivity index (χ3n) is 2.33. The fourth-order valence-corrected chi connectivity index (χ4v) is 1.69. The van der Waals surface area contributed by atoms with Crippen LogP contribution in [0.4, 0.5) is 0 Å². The van der Waals surface area contributed by atoms with Crippen molar-refractivity contribution in [3.05, 3.63) is 39.4 Å². The first-order chi connectivity index (χ1) is 7.70. The molecular formula is C11H12ClN3O. The van der Waals surface area contributed by atoms with Gasteiger partial charge in [0.1, 0.15) is 5.82 Å². The van der Waals surface area contributed by atoms with Crippen LogP contribution in [0.15, 0.2) is 23.0 Å². The maximum Gasteiger partial charge on any atom is 0.258 e. The van der Waals surface area contributed by atoms with Crippen molar-refractivity contribution in [2.75, 3.05) is 13.6 Å². The molecule has 1 heterocycles. The van der Waals surface area contributed by atoms with Gasteiger partial charge in [-0.1, -0.05) is 11.6 Å². The van der Waals surface area contributed by atoms with Gasteiger partial charge in [0.25, 0.3) is 5.56 Å². The minimum absolute atomic E-state index is 0.140. The third-order valence-corrected chi connectivity index (χ3v) is 2.56. The van der Waals surface area contributed by atoms with E-state index in [4.69, 9.17) is 11.6 Å². The number of fused-ring (bicyclic) bond motifs is 1. The summed E-state index contributed by atoms with van der Waals surface area (Å²) in [6.07, 6.45) is 0.699. The van der Waals surface area contributed by atoms with Crippen molar-refractivity contribution in [3.8, 4) is 0 Å². The van der Waals surface area contributed by atoms with Crippen molar-refractivity contribution < 1.29 is 0 Å². The summed E-state index contributed by atoms with van der Waals surface area (Å²) >= 11 is 5.82. The summed E-state index contributed by atoms with van der Waals surface area (Å²) in [7, 11) is 1.86. The van der Waals surface area contributed by atoms with E-state index < -0.39 is 0 Å². The molecule has 0 saturated heterocycles. The Balaban J connectivity index is 2.51. The molecule has 1 aromatic heterocycles. The topological polar surface area (TPSA) is 57.8 Å². The first-order valence-electron chi connectivity index (χ1n) is 5.04. The molecule has 0 radical (unpaired) electrons. The Morgan fingerprint density at radius 1 is 1.50 bits per heavy atom. The Labute approximate surface area is 97.7 Å². The molecule has 0 unspecified atom stereocenters. The molecule has 0 spiro atoms. The Bertz CT molecular complexity index is 565. The van der Waals surface area contributed by atoms with Crippen molar-refractivity contribution >= 4 is 22.5 Å². The van der Waals surface area contributed by atoms with Gasteiger partial charge in [-0.25, -0.2) is 4.98 Å². The van der Waals surface area contributed by atoms with Crippen LogP contribution in [-0.4, -0.2) is 23.6 Å². The summed E-state index contributed by atoms with van der Waals surface area (Å²) in [6.45, 7) is 0.780. The number of aromatic nitrogens is 2. The van der Waals surface area contributed by atoms with Crippen LogP contribution in [0.3, 0.4) is 0 Å². The molecule has 0 aliphatic rings. The maximum absolute atomic E-state index is 11.7. The van der Waals surface area contributed by atoms with Gasteiger partial charge in [0, 0.05) is 18.0 Å². The summed E-state index contributed by atoms with van der Waals surface area (Å²) < 4.78 is 0. The number of likely N-dealkylation sites (N-methyl/N-ethyl adjacent to an activating group) is 1. The zero-order chi connectivity index (χ0) is 11.5. The first-order valence-corrected chi connectivity index (χ1v) is 5.41. The number of nitrogens with one attached hydrogen (secondary N) is 2. The number of rotatable bonds is 3. The lowest BCUT2D eigenvalue weighted by atomic mass is 10.2. The second-order valence-corrected chi connectivity index (χ2v) is 3.96. The largest absolute Gasteiger partial charge is 0.319 e. The Kier molecular flexibility index (Phi) is 3.22. The monoisotopic (exact) mass is 237 g/mol. The van der Waals surface area contributed by atoms with Crippen molar-refractivity contribution in [3.63, 3.8) is 0 Å². The van der Waals surface area contributed by atoms with Crippen LogP contribution in [0, 0.1) is 0 Å². The molecule has 1 aromatic carbocycles. The molecule has 2 aromatic rings. The van der Waals surface area contributed by atoms with Crippen molar-refractivity contribution in [1.82, 2.24) is 15.3 Å². The van der Waals surface area contributed by atoms with E-state index in [0.717, 1.165) is 6.54 Å². The molecule has 0 aliphatic heterocycles. The normalized spacial score (nSPS) is 10.9. The number of halogens is 1. The van der Waals surface area contributed by atoms with E-state index in [1.165, 1.54) is 0 Å². The predicted molar refractivity (Wildman–Crippen MR) is 65.0 cm³/mol. The van der Waals surface area contributed by atoms with E-state index >= 15 is 0 Å². The summed E-state index contributed by atoms with van der Waals surface area (Å²) in [5, 5.41) is 4.08. The zero-order valence-corrected chi connectivity index (χ0v) is 9.64. The maximum atomic E-state index is 11.7. The molecule has 0 atom stereocenters. The molecule has 4 nitrogen and oxygen atoms in total. The molecule has 0 aliphatic carbocycles. The quantitative estimate of drug-likeness (QED) is 0.847. The van der Waals surface area contributed by atoms with Crippen LogP contribution in [0.1, 0.15) is 5.82 Å². The average Bonchev–Trinajstić information content (AvgIpc) is 2.27. The Morgan fingerprint density at radius 3 is 3.06 bits per heavy atom. The van der Waals surface area contributed by atoms with E-state index in [-0.39, 0.29) is 5.56 Å². The number of H-pyrrole nitrogens is 1. The van der Waals surface area contributed by atoms with Crippen molar-refractivity contribution in [2.24, 2.45) is 0 Å². The predicted octanol–water partition coefficient (Wildman–Crippen LogP) is 1.34. The molecular weight excluding hydrogens is 226 g/mol. The molecule has 2 N–H and O–H groups in total. The van der Waals surface area contributed by atoms with Gasteiger partial charge in [-0.15, -0.1) is 0 Å². The number of aromatic amines is 1. The van der Waals surface area contributed by atoms with Gasteiger partial charge in [0.2, 0.25) is 0 Å². The average molecular weight is 238 g/mol. The fraction of sp³-hybridized carbons (Fsp3) is 0.273. The van der Waals surface area contributed by atoms with Gasteiger partial charge in [-0.05, 0) is 25.2 Å². The SMILES string of the molecule is CNCCc1nc2ccc(Cl)cc2c(=O)[nH]1. The van der Waals surface area contributed by atoms with Gasteiger partial charge in [-0.2, -0.15) is 0 Å². The highest BCUT2D eigenvalue weighted by Gasteiger charge is 2.03. The number of benzene rings is 1. The smallest absolute Gasteiger partial charge is 0.258 e. The minimum Gasteiger partial charge on any atom is -0.319 e. The molecule has 16 heavy (non-hydrogen) atoms. The highest BCUT2D eigenvalue weighted by Crippen LogP contribution is 2.14. The number of nitrogens with zero attached hydrogens (tertiary/aromatic N) is 1. The summed E-state index contributed by atoms with van der Waals surface area (Å²) in [5.74, 6) is 0.689. The van der Waals surface area contributed by atoms with Crippen LogP contribution in [0.25, 0.3) is 10.9 Å². The lowest BCUT2D eigenvalue weighted by Crippen LogP contribution is -2.17. The Hall–Kier alpha value is -1.39. The third kappa shape index (κ3) is 2.23. The van der Waals surface area contributed by atoms with Crippen LogP contribution in [-0.2, 0) is 6.42 Å². The Morgan fingerprint density at radius 2 is 2.31 bits per heavy atom. The lowest BCUT2D eigenvalue weighted by Gasteiger charge is -2.02. The van der Waals surface area contributed by atoms with E-state index in [9.17, 15) is 4.79 Å². The van der Waals surface area contributed by atoms with Crippen molar-refractivity contribution in [2.45, 2.75) is 6.42 Å². The van der Waals surface area contributed by atoms with E-state index in [0.29, 0.717) is 28.2 Å². The zero-order valence-electron chi connectivity index (χ0n) is 8.88. The molecule has 0 bridgehead atoms. The highest BCUT2D eigenvalue weighted by molar-refractivity contribution is 6.31. The van der Waals surface area contributed by atoms with Gasteiger partial charge < -0.3 is 10.3 Å². The van der Waals surface area contributed by atoms with Crippen molar-refractivity contribution in [1.29, 1.82) is 0 Å². The minimum atomic E-state index is -0.140. The van der Waals surface area contributed by atoms with Crippen LogP contribution >= 0.6 is 11.6 Å². The molecule has 0 fully saturated rings. The van der Waals surface area contributed by atoms with Crippen LogP contribution < -0.4 is 10.9 Å². The summed E-state index contributed by atoms with van der Waals surface area (Å²) in [4.78, 5) is 18.8. The van der Waals surface area contributed by atoms with Gasteiger partial charge in [0.15, 0.2) is 0 Å². The van der Waals surface area contributed by atoms with Crippen LogP contribution in [0.2, 0.25) is 5.02 Å². The molecule has 5 heteroatoms. The first kappa shape index (κ1) is 11.1. The van der Waals surface area contributed by atoms with Gasteiger partial charge in [0.05, 0.1) is 10.9 Å². The summed E-state index contributed by atoms with van der Waals surface area (Å²) in [6, 6.07) is 5.12. The number of hydrogen-bond acceptors (Lipinski definition) is 3. The number of hydrogen-bond donors (Lipinski definition) is 2. The van der Waals surface area contributed by atoms with Gasteiger partial charge >= 0.3 is 0 Å². The van der Waals surface area contributed by atoms with Gasteiger partial charge in [-0.3, -0.25) is 4.79 Å². The standard InChI is InChI=1S/C11H12ClN3O/c1-13-5-4-10-14-9-3-2-7(12)6-8(9)11(16)15-10/h2-3,6,13H,4-5H2,1H3,(H,14,15,16). The lowest BCUT2D eigenvalue weighted by molar-refractivity contribution is 0.756. The highest BCUT2D eigenvalue weighted by atomic mass is 35.5. The molecule has 84 valence electrons. The van der Waals surface area contributed by atoms with E-state index in [1.807, 2.05) is 7.05 Å². The van der Waals surface area contributed by atoms with Crippen LogP contribution in [0.5, 0.6) is 0 Å².